The number of nitrogens with one attached hydrogen (secondary N) is 1. The topological polar surface area (TPSA) is 75.5 Å². The molecule has 0 aliphatic rings. The van der Waals surface area contributed by atoms with E-state index < -0.39 is 4.92 Å². The molecule has 1 amide bonds. The summed E-state index contributed by atoms with van der Waals surface area (Å²) < 4.78 is 0. The summed E-state index contributed by atoms with van der Waals surface area (Å²) >= 11 is 0. The van der Waals surface area contributed by atoms with E-state index in [0.717, 1.165) is 12.8 Å². The molecule has 6 nitrogen and oxygen atoms in total. The first-order valence-electron chi connectivity index (χ1n) is 6.69. The second-order valence-electron chi connectivity index (χ2n) is 4.63. The lowest BCUT2D eigenvalue weighted by molar-refractivity contribution is -0.385. The minimum absolute atomic E-state index is 0.0837. The van der Waals surface area contributed by atoms with Crippen molar-refractivity contribution in [1.29, 1.82) is 0 Å². The van der Waals surface area contributed by atoms with Crippen molar-refractivity contribution in [3.63, 3.8) is 0 Å². The number of carbonyl (C=O) groups excluding carboxylic acids is 1. The molecule has 0 aromatic heterocycles. The molecular formula is C14H21N3O3. The number of carbonyl (C=O) groups is 1. The smallest absolute Gasteiger partial charge is 0.282 e. The summed E-state index contributed by atoms with van der Waals surface area (Å²) in [6, 6.07) is 4.56. The number of nitro groups is 1. The van der Waals surface area contributed by atoms with Gasteiger partial charge in [-0.15, -0.1) is 0 Å². The van der Waals surface area contributed by atoms with Crippen LogP contribution in [0.3, 0.4) is 0 Å². The van der Waals surface area contributed by atoms with Gasteiger partial charge in [0.15, 0.2) is 0 Å². The van der Waals surface area contributed by atoms with Gasteiger partial charge in [-0.25, -0.2) is 0 Å². The van der Waals surface area contributed by atoms with Crippen molar-refractivity contribution < 1.29 is 9.72 Å². The van der Waals surface area contributed by atoms with E-state index in [2.05, 4.69) is 5.32 Å². The van der Waals surface area contributed by atoms with Crippen molar-refractivity contribution >= 4 is 17.3 Å². The second-order valence-corrected chi connectivity index (χ2v) is 4.63. The lowest BCUT2D eigenvalue weighted by atomic mass is 10.1. The van der Waals surface area contributed by atoms with Crippen LogP contribution in [0.25, 0.3) is 0 Å². The van der Waals surface area contributed by atoms with Gasteiger partial charge in [0.1, 0.15) is 5.56 Å². The van der Waals surface area contributed by atoms with Gasteiger partial charge in [0.05, 0.1) is 4.92 Å². The Morgan fingerprint density at radius 2 is 2.00 bits per heavy atom. The Balaban J connectivity index is 3.22. The highest BCUT2D eigenvalue weighted by atomic mass is 16.6. The Morgan fingerprint density at radius 3 is 2.45 bits per heavy atom. The third kappa shape index (κ3) is 3.26. The number of rotatable bonds is 6. The normalized spacial score (nSPS) is 10.4. The van der Waals surface area contributed by atoms with E-state index in [1.807, 2.05) is 13.8 Å². The fourth-order valence-corrected chi connectivity index (χ4v) is 2.21. The fourth-order valence-electron chi connectivity index (χ4n) is 2.21. The summed E-state index contributed by atoms with van der Waals surface area (Å²) in [4.78, 5) is 24.6. The van der Waals surface area contributed by atoms with E-state index in [0.29, 0.717) is 5.69 Å². The van der Waals surface area contributed by atoms with Gasteiger partial charge in [0.25, 0.3) is 11.6 Å². The molecule has 110 valence electrons. The van der Waals surface area contributed by atoms with Crippen LogP contribution < -0.4 is 5.32 Å². The van der Waals surface area contributed by atoms with Crippen LogP contribution in [0.4, 0.5) is 11.4 Å². The van der Waals surface area contributed by atoms with E-state index in [1.165, 1.54) is 12.1 Å². The van der Waals surface area contributed by atoms with Crippen molar-refractivity contribution in [2.45, 2.75) is 32.7 Å². The minimum Gasteiger partial charge on any atom is -0.388 e. The van der Waals surface area contributed by atoms with Crippen LogP contribution in [0.1, 0.15) is 37.0 Å². The Hall–Kier alpha value is -2.11. The Bertz CT molecular complexity index is 498. The summed E-state index contributed by atoms with van der Waals surface area (Å²) in [6.45, 7) is 3.99. The van der Waals surface area contributed by atoms with Crippen LogP contribution >= 0.6 is 0 Å². The monoisotopic (exact) mass is 279 g/mol. The van der Waals surface area contributed by atoms with Crippen molar-refractivity contribution in [1.82, 2.24) is 4.90 Å². The lowest BCUT2D eigenvalue weighted by Crippen LogP contribution is -2.36. The third-order valence-corrected chi connectivity index (χ3v) is 3.52. The van der Waals surface area contributed by atoms with E-state index in [1.54, 1.807) is 25.1 Å². The number of hydrogen-bond acceptors (Lipinski definition) is 4. The number of amides is 1. The van der Waals surface area contributed by atoms with Gasteiger partial charge in [0.2, 0.25) is 0 Å². The number of benzene rings is 1. The quantitative estimate of drug-likeness (QED) is 0.641. The zero-order valence-corrected chi connectivity index (χ0v) is 12.3. The maximum atomic E-state index is 12.5. The maximum absolute atomic E-state index is 12.5. The molecule has 0 radical (unpaired) electrons. The second kappa shape index (κ2) is 6.88. The highest BCUT2D eigenvalue weighted by Crippen LogP contribution is 2.25. The highest BCUT2D eigenvalue weighted by Gasteiger charge is 2.26. The Labute approximate surface area is 118 Å². The molecule has 1 rings (SSSR count). The van der Waals surface area contributed by atoms with E-state index in [9.17, 15) is 14.9 Å². The van der Waals surface area contributed by atoms with Crippen LogP contribution in [-0.2, 0) is 0 Å². The Kier molecular flexibility index (Phi) is 5.49. The number of anilines is 1. The first kappa shape index (κ1) is 15.9. The largest absolute Gasteiger partial charge is 0.388 e. The number of nitro benzene ring substituents is 1. The molecule has 0 heterocycles. The summed E-state index contributed by atoms with van der Waals surface area (Å²) in [5.74, 6) is -0.317. The molecule has 0 saturated heterocycles. The maximum Gasteiger partial charge on any atom is 0.282 e. The molecule has 0 unspecified atom stereocenters. The van der Waals surface area contributed by atoms with Crippen LogP contribution in [0, 0.1) is 10.1 Å². The minimum atomic E-state index is -0.520. The molecule has 0 aliphatic carbocycles. The van der Waals surface area contributed by atoms with Gasteiger partial charge in [-0.05, 0) is 25.0 Å². The summed E-state index contributed by atoms with van der Waals surface area (Å²) in [5.41, 5.74) is 0.639. The predicted molar refractivity (Wildman–Crippen MR) is 79.1 cm³/mol. The number of nitrogens with zero attached hydrogens (tertiary/aromatic N) is 2. The van der Waals surface area contributed by atoms with E-state index in [-0.39, 0.29) is 23.2 Å². The zero-order valence-electron chi connectivity index (χ0n) is 12.3. The SMILES string of the molecule is CCC(CC)N(C)C(=O)c1cc(NC)ccc1[N+](=O)[O-]. The van der Waals surface area contributed by atoms with Gasteiger partial charge < -0.3 is 10.2 Å². The molecule has 0 atom stereocenters. The standard InChI is InChI=1S/C14H21N3O3/c1-5-11(6-2)16(4)14(18)12-9-10(15-3)7-8-13(12)17(19)20/h7-9,11,15H,5-6H2,1-4H3. The lowest BCUT2D eigenvalue weighted by Gasteiger charge is -2.26. The molecular weight excluding hydrogens is 258 g/mol. The molecule has 20 heavy (non-hydrogen) atoms. The van der Waals surface area contributed by atoms with Gasteiger partial charge in [-0.1, -0.05) is 13.8 Å². The van der Waals surface area contributed by atoms with Crippen molar-refractivity contribution in [3.8, 4) is 0 Å². The van der Waals surface area contributed by atoms with Crippen LogP contribution in [0.15, 0.2) is 18.2 Å². The van der Waals surface area contributed by atoms with Crippen molar-refractivity contribution in [3.05, 3.63) is 33.9 Å². The Morgan fingerprint density at radius 1 is 1.40 bits per heavy atom. The molecule has 1 aromatic rings. The van der Waals surface area contributed by atoms with Crippen LogP contribution in [0.5, 0.6) is 0 Å². The highest BCUT2D eigenvalue weighted by molar-refractivity contribution is 5.99. The summed E-state index contributed by atoms with van der Waals surface area (Å²) in [7, 11) is 3.40. The molecule has 0 saturated carbocycles. The molecule has 0 aliphatic heterocycles. The molecule has 1 aromatic carbocycles. The molecule has 0 spiro atoms. The van der Waals surface area contributed by atoms with Gasteiger partial charge >= 0.3 is 0 Å². The average molecular weight is 279 g/mol. The first-order valence-corrected chi connectivity index (χ1v) is 6.69. The molecule has 1 N–H and O–H groups in total. The van der Waals surface area contributed by atoms with Crippen molar-refractivity contribution in [2.24, 2.45) is 0 Å². The zero-order chi connectivity index (χ0) is 15.3. The van der Waals surface area contributed by atoms with Crippen molar-refractivity contribution in [2.75, 3.05) is 19.4 Å². The molecule has 0 bridgehead atoms. The molecule has 6 heteroatoms. The number of hydrogen-bond donors (Lipinski definition) is 1. The van der Waals surface area contributed by atoms with Crippen LogP contribution in [0.2, 0.25) is 0 Å². The van der Waals surface area contributed by atoms with Gasteiger partial charge in [0, 0.05) is 31.9 Å². The molecule has 0 fully saturated rings. The third-order valence-electron chi connectivity index (χ3n) is 3.52. The van der Waals surface area contributed by atoms with E-state index >= 15 is 0 Å². The first-order chi connectivity index (χ1) is 9.46. The van der Waals surface area contributed by atoms with E-state index in [4.69, 9.17) is 0 Å². The van der Waals surface area contributed by atoms with Crippen LogP contribution in [-0.4, -0.2) is 35.9 Å². The predicted octanol–water partition coefficient (Wildman–Crippen LogP) is 2.90. The average Bonchev–Trinajstić information content (AvgIpc) is 2.46. The fraction of sp³-hybridized carbons (Fsp3) is 0.500. The van der Waals surface area contributed by atoms with Gasteiger partial charge in [-0.2, -0.15) is 0 Å². The van der Waals surface area contributed by atoms with Gasteiger partial charge in [-0.3, -0.25) is 14.9 Å². The summed E-state index contributed by atoms with van der Waals surface area (Å²) in [6.07, 6.45) is 1.64. The summed E-state index contributed by atoms with van der Waals surface area (Å²) in [5, 5.41) is 14.0.